The number of nitrogens with zero attached hydrogens (tertiary/aromatic N) is 1. The van der Waals surface area contributed by atoms with Crippen LogP contribution in [0.1, 0.15) is 87.7 Å². The van der Waals surface area contributed by atoms with Crippen LogP contribution in [0.3, 0.4) is 0 Å². The van der Waals surface area contributed by atoms with Gasteiger partial charge in [0.1, 0.15) is 23.0 Å². The molecular weight excluding hydrogens is 580 g/mol. The topological polar surface area (TPSA) is 75.7 Å². The first-order valence-corrected chi connectivity index (χ1v) is 17.9. The van der Waals surface area contributed by atoms with E-state index in [2.05, 4.69) is 66.3 Å². The van der Waals surface area contributed by atoms with Gasteiger partial charge >= 0.3 is 0 Å². The van der Waals surface area contributed by atoms with E-state index in [1.54, 1.807) is 6.07 Å². The standard InChI is InChI=1S/C34H46N2O4S.CH3Cl/c1-5-9-25-11-6-7-13-30(25)34(4)21-36-19-27-14-16-29(27)28(20-37)12-8-10-23(2)24(3)41(39)35-33(38)26-15-17-32(40-22-34)31(36)18-26;1-2/h6-7,11,13,15,17-18,20,23-24,27-29H,5,8-10,12,14,16,19,21-22H2,1-4H3,(H,35,38);1H3/t23?,24?,27?,28?,29?,34-,41?;/m0./s1. The third-order valence-electron chi connectivity index (χ3n) is 10.0. The lowest BCUT2D eigenvalue weighted by Crippen LogP contribution is -2.47. The summed E-state index contributed by atoms with van der Waals surface area (Å²) in [4.78, 5) is 28.0. The Hall–Kier alpha value is -2.38. The molecule has 2 heterocycles. The first-order valence-electron chi connectivity index (χ1n) is 15.9. The van der Waals surface area contributed by atoms with E-state index in [0.29, 0.717) is 24.0 Å². The molecular formula is C35H49ClN2O4S. The molecule has 236 valence electrons. The van der Waals surface area contributed by atoms with Crippen LogP contribution in [-0.4, -0.2) is 47.7 Å². The fourth-order valence-electron chi connectivity index (χ4n) is 7.15. The molecule has 1 amide bonds. The maximum absolute atomic E-state index is 13.3. The zero-order chi connectivity index (χ0) is 31.1. The van der Waals surface area contributed by atoms with Crippen LogP contribution in [0.2, 0.25) is 0 Å². The number of carbonyl (C=O) groups excluding carboxylic acids is 2. The van der Waals surface area contributed by atoms with Gasteiger partial charge in [-0.2, -0.15) is 0 Å². The van der Waals surface area contributed by atoms with Crippen molar-refractivity contribution in [2.24, 2.45) is 23.7 Å². The highest BCUT2D eigenvalue weighted by Gasteiger charge is 2.41. The number of nitrogens with one attached hydrogen (secondary N) is 1. The zero-order valence-corrected chi connectivity index (χ0v) is 28.0. The van der Waals surface area contributed by atoms with E-state index >= 15 is 0 Å². The molecule has 43 heavy (non-hydrogen) atoms. The number of alkyl halides is 1. The summed E-state index contributed by atoms with van der Waals surface area (Å²) in [6.07, 6.45) is 9.63. The quantitative estimate of drug-likeness (QED) is 0.289. The number of carbonyl (C=O) groups is 2. The van der Waals surface area contributed by atoms with Crippen molar-refractivity contribution >= 4 is 40.5 Å². The normalized spacial score (nSPS) is 31.1. The largest absolute Gasteiger partial charge is 0.490 e. The molecule has 1 N–H and O–H groups in total. The highest BCUT2D eigenvalue weighted by atomic mass is 35.5. The van der Waals surface area contributed by atoms with E-state index in [1.165, 1.54) is 23.8 Å². The second-order valence-electron chi connectivity index (χ2n) is 13.0. The van der Waals surface area contributed by atoms with Crippen molar-refractivity contribution in [1.82, 2.24) is 4.72 Å². The van der Waals surface area contributed by atoms with Gasteiger partial charge in [-0.3, -0.25) is 9.52 Å². The highest BCUT2D eigenvalue weighted by Crippen LogP contribution is 2.45. The molecule has 0 spiro atoms. The van der Waals surface area contributed by atoms with Crippen molar-refractivity contribution in [1.29, 1.82) is 0 Å². The van der Waals surface area contributed by atoms with E-state index in [-0.39, 0.29) is 28.4 Å². The first kappa shape index (κ1) is 33.5. The van der Waals surface area contributed by atoms with Crippen molar-refractivity contribution in [3.05, 3.63) is 59.2 Å². The summed E-state index contributed by atoms with van der Waals surface area (Å²) < 4.78 is 22.4. The molecule has 2 bridgehead atoms. The van der Waals surface area contributed by atoms with Crippen LogP contribution in [0.4, 0.5) is 5.69 Å². The van der Waals surface area contributed by atoms with Gasteiger partial charge in [-0.15, -0.1) is 11.6 Å². The average molecular weight is 629 g/mol. The van der Waals surface area contributed by atoms with E-state index in [9.17, 15) is 13.8 Å². The third kappa shape index (κ3) is 7.47. The van der Waals surface area contributed by atoms with Gasteiger partial charge in [0.05, 0.1) is 17.5 Å². The van der Waals surface area contributed by atoms with Crippen molar-refractivity contribution in [3.63, 3.8) is 0 Å². The summed E-state index contributed by atoms with van der Waals surface area (Å²) in [5.41, 5.74) is 3.80. The van der Waals surface area contributed by atoms with Gasteiger partial charge in [-0.05, 0) is 86.1 Å². The number of aryl methyl sites for hydroxylation is 1. The van der Waals surface area contributed by atoms with E-state index in [1.807, 2.05) is 19.1 Å². The first-order chi connectivity index (χ1) is 20.7. The Kier molecular flexibility index (Phi) is 11.7. The van der Waals surface area contributed by atoms with Crippen LogP contribution in [0.25, 0.3) is 0 Å². The summed E-state index contributed by atoms with van der Waals surface area (Å²) >= 11 is 4.64. The molecule has 1 aliphatic carbocycles. The third-order valence-corrected chi connectivity index (χ3v) is 11.5. The van der Waals surface area contributed by atoms with Crippen LogP contribution < -0.4 is 14.4 Å². The average Bonchev–Trinajstić information content (AvgIpc) is 3.15. The fourth-order valence-corrected chi connectivity index (χ4v) is 8.20. The number of ether oxygens (including phenoxy) is 1. The summed E-state index contributed by atoms with van der Waals surface area (Å²) in [6, 6.07) is 14.3. The van der Waals surface area contributed by atoms with Crippen LogP contribution >= 0.6 is 11.6 Å². The molecule has 1 fully saturated rings. The Labute approximate surface area is 265 Å². The zero-order valence-electron chi connectivity index (χ0n) is 26.4. The van der Waals surface area contributed by atoms with E-state index < -0.39 is 11.0 Å². The van der Waals surface area contributed by atoms with Crippen molar-refractivity contribution < 1.29 is 18.5 Å². The van der Waals surface area contributed by atoms with Crippen LogP contribution in [-0.2, 0) is 27.6 Å². The van der Waals surface area contributed by atoms with Gasteiger partial charge in [0.15, 0.2) is 0 Å². The molecule has 2 aromatic carbocycles. The monoisotopic (exact) mass is 628 g/mol. The minimum atomic E-state index is -1.50. The molecule has 1 saturated carbocycles. The molecule has 2 aromatic rings. The number of benzene rings is 2. The van der Waals surface area contributed by atoms with Crippen LogP contribution in [0.15, 0.2) is 42.5 Å². The Bertz CT molecular complexity index is 1290. The lowest BCUT2D eigenvalue weighted by atomic mass is 9.65. The molecule has 0 saturated heterocycles. The van der Waals surface area contributed by atoms with E-state index in [4.69, 9.17) is 4.74 Å². The number of rotatable bonds is 4. The molecule has 0 aromatic heterocycles. The number of hydrogen-bond donors (Lipinski definition) is 1. The molecule has 3 aliphatic rings. The van der Waals surface area contributed by atoms with Gasteiger partial charge in [0.25, 0.3) is 5.91 Å². The number of fused-ring (bicyclic) bond motifs is 2. The molecule has 5 rings (SSSR count). The summed E-state index contributed by atoms with van der Waals surface area (Å²) in [5, 5.41) is -0.178. The van der Waals surface area contributed by atoms with Crippen molar-refractivity contribution in [2.45, 2.75) is 83.3 Å². The molecule has 0 radical (unpaired) electrons. The minimum Gasteiger partial charge on any atom is -0.490 e. The molecule has 2 aliphatic heterocycles. The Morgan fingerprint density at radius 1 is 1.12 bits per heavy atom. The number of hydrogen-bond acceptors (Lipinski definition) is 5. The van der Waals surface area contributed by atoms with Crippen LogP contribution in [0.5, 0.6) is 5.75 Å². The second kappa shape index (κ2) is 15.1. The Balaban J connectivity index is 0.00000207. The second-order valence-corrected chi connectivity index (χ2v) is 14.5. The lowest BCUT2D eigenvalue weighted by molar-refractivity contribution is -0.115. The SMILES string of the molecule is CCCc1ccccc1[C@]1(C)COc2ccc3cc2N(CC2CCC2C(C=O)CCCC(C)C(C)S(=O)NC3=O)C1.CCl. The van der Waals surface area contributed by atoms with Crippen molar-refractivity contribution in [2.75, 3.05) is 31.0 Å². The van der Waals surface area contributed by atoms with Gasteiger partial charge in [0, 0.05) is 36.4 Å². The summed E-state index contributed by atoms with van der Waals surface area (Å²) in [6.45, 7) is 10.6. The maximum Gasteiger partial charge on any atom is 0.263 e. The van der Waals surface area contributed by atoms with E-state index in [0.717, 1.165) is 69.5 Å². The lowest BCUT2D eigenvalue weighted by Gasteiger charge is -2.44. The smallest absolute Gasteiger partial charge is 0.263 e. The summed E-state index contributed by atoms with van der Waals surface area (Å²) in [5.74, 6) is 1.48. The Morgan fingerprint density at radius 3 is 2.58 bits per heavy atom. The van der Waals surface area contributed by atoms with Crippen molar-refractivity contribution in [3.8, 4) is 5.75 Å². The maximum atomic E-state index is 13.3. The predicted octanol–water partition coefficient (Wildman–Crippen LogP) is 7.09. The van der Waals surface area contributed by atoms with Gasteiger partial charge in [-0.25, -0.2) is 4.21 Å². The minimum absolute atomic E-state index is 0.0556. The van der Waals surface area contributed by atoms with Gasteiger partial charge in [0.2, 0.25) is 0 Å². The highest BCUT2D eigenvalue weighted by molar-refractivity contribution is 7.84. The molecule has 6 nitrogen and oxygen atoms in total. The molecule has 7 atom stereocenters. The number of anilines is 1. The summed E-state index contributed by atoms with van der Waals surface area (Å²) in [7, 11) is -1.50. The molecule has 6 unspecified atom stereocenters. The number of aldehydes is 1. The van der Waals surface area contributed by atoms with Gasteiger partial charge < -0.3 is 14.4 Å². The number of halogens is 1. The molecule has 8 heteroatoms. The number of amides is 1. The van der Waals surface area contributed by atoms with Gasteiger partial charge in [-0.1, -0.05) is 57.9 Å². The Morgan fingerprint density at radius 2 is 1.88 bits per heavy atom. The fraction of sp³-hybridized carbons (Fsp3) is 0.600. The predicted molar refractivity (Wildman–Crippen MR) is 178 cm³/mol. The van der Waals surface area contributed by atoms with Crippen LogP contribution in [0, 0.1) is 23.7 Å².